The van der Waals surface area contributed by atoms with Crippen molar-refractivity contribution in [1.82, 2.24) is 0 Å². The average Bonchev–Trinajstić information content (AvgIpc) is 2.53. The summed E-state index contributed by atoms with van der Waals surface area (Å²) < 4.78 is 5.90. The molecule has 0 saturated carbocycles. The average molecular weight is 307 g/mol. The number of unbranched alkanes of at least 4 members (excludes halogenated alkanes) is 1. The van der Waals surface area contributed by atoms with Gasteiger partial charge in [0.1, 0.15) is 0 Å². The number of ether oxygens (including phenoxy) is 1. The third kappa shape index (κ3) is 14.6. The summed E-state index contributed by atoms with van der Waals surface area (Å²) in [7, 11) is 0. The number of nitrogens with zero attached hydrogens (tertiary/aromatic N) is 1. The lowest BCUT2D eigenvalue weighted by atomic mass is 10.1. The normalized spacial score (nSPS) is 12.6. The molecule has 0 amide bonds. The molecule has 0 aliphatic heterocycles. The number of terminal acetylenes is 1. The van der Waals surface area contributed by atoms with Crippen molar-refractivity contribution >= 4 is 0 Å². The van der Waals surface area contributed by atoms with Crippen LogP contribution < -0.4 is 0 Å². The number of hydrogen-bond acceptors (Lipinski definition) is 3. The van der Waals surface area contributed by atoms with Gasteiger partial charge in [-0.3, -0.25) is 10.1 Å². The van der Waals surface area contributed by atoms with Gasteiger partial charge < -0.3 is 4.74 Å². The lowest BCUT2D eigenvalue weighted by molar-refractivity contribution is -0.468. The molecule has 0 spiro atoms. The van der Waals surface area contributed by atoms with E-state index in [1.807, 2.05) is 25.2 Å². The van der Waals surface area contributed by atoms with Crippen molar-refractivity contribution in [3.05, 3.63) is 40.1 Å². The quantitative estimate of drug-likeness (QED) is 0.187. The van der Waals surface area contributed by atoms with Crippen LogP contribution in [0.1, 0.15) is 46.5 Å². The van der Waals surface area contributed by atoms with Crippen LogP contribution in [-0.2, 0) is 4.74 Å². The predicted molar refractivity (Wildman–Crippen MR) is 92.3 cm³/mol. The molecule has 0 heterocycles. The van der Waals surface area contributed by atoms with E-state index in [2.05, 4.69) is 32.4 Å². The van der Waals surface area contributed by atoms with Crippen LogP contribution in [0.2, 0.25) is 0 Å². The van der Waals surface area contributed by atoms with Crippen LogP contribution in [-0.4, -0.2) is 24.2 Å². The van der Waals surface area contributed by atoms with Gasteiger partial charge in [0.2, 0.25) is 6.54 Å². The molecule has 0 saturated heterocycles. The summed E-state index contributed by atoms with van der Waals surface area (Å²) in [4.78, 5) is 9.95. The van der Waals surface area contributed by atoms with E-state index in [0.29, 0.717) is 6.61 Å². The van der Waals surface area contributed by atoms with Crippen LogP contribution in [0, 0.1) is 28.9 Å². The van der Waals surface area contributed by atoms with E-state index in [4.69, 9.17) is 4.74 Å². The van der Waals surface area contributed by atoms with Crippen molar-refractivity contribution in [2.45, 2.75) is 52.6 Å². The molecule has 0 aliphatic rings. The van der Waals surface area contributed by atoms with Gasteiger partial charge >= 0.3 is 0 Å². The van der Waals surface area contributed by atoms with Crippen molar-refractivity contribution in [3.8, 4) is 12.8 Å². The second-order valence-electron chi connectivity index (χ2n) is 4.75. The van der Waals surface area contributed by atoms with Gasteiger partial charge in [-0.05, 0) is 38.0 Å². The molecule has 0 aromatic carbocycles. The second kappa shape index (κ2) is 17.2. The molecule has 124 valence electrons. The van der Waals surface area contributed by atoms with Crippen molar-refractivity contribution in [2.24, 2.45) is 5.92 Å². The minimum Gasteiger partial charge on any atom is -0.373 e. The third-order valence-electron chi connectivity index (χ3n) is 3.00. The highest BCUT2D eigenvalue weighted by atomic mass is 16.6. The Bertz CT molecular complexity index is 379. The zero-order valence-corrected chi connectivity index (χ0v) is 14.0. The molecule has 0 fully saturated rings. The molecule has 22 heavy (non-hydrogen) atoms. The van der Waals surface area contributed by atoms with Crippen molar-refractivity contribution < 1.29 is 9.66 Å². The Labute approximate surface area is 135 Å². The van der Waals surface area contributed by atoms with Crippen molar-refractivity contribution in [2.75, 3.05) is 13.2 Å². The first kappa shape index (κ1) is 22.5. The summed E-state index contributed by atoms with van der Waals surface area (Å²) in [6, 6.07) is 0. The fraction of sp³-hybridized carbons (Fsp3) is 0.611. The molecule has 0 aromatic rings. The highest BCUT2D eigenvalue weighted by Gasteiger charge is 2.08. The zero-order chi connectivity index (χ0) is 17.2. The fourth-order valence-electron chi connectivity index (χ4n) is 1.72. The largest absolute Gasteiger partial charge is 0.373 e. The van der Waals surface area contributed by atoms with Gasteiger partial charge in [0.05, 0.1) is 12.7 Å². The first-order chi connectivity index (χ1) is 10.6. The Hall–Kier alpha value is -1.82. The highest BCUT2D eigenvalue weighted by Crippen LogP contribution is 2.11. The molecule has 0 radical (unpaired) electrons. The summed E-state index contributed by atoms with van der Waals surface area (Å²) in [5.41, 5.74) is 3.07. The molecule has 0 aromatic heterocycles. The van der Waals surface area contributed by atoms with Crippen LogP contribution in [0.3, 0.4) is 0 Å². The van der Waals surface area contributed by atoms with Crippen LogP contribution in [0.4, 0.5) is 0 Å². The Morgan fingerprint density at radius 3 is 2.55 bits per heavy atom. The molecule has 0 bridgehead atoms. The Kier molecular flexibility index (Phi) is 17.6. The molecule has 0 rings (SSSR count). The van der Waals surface area contributed by atoms with Gasteiger partial charge in [-0.1, -0.05) is 32.8 Å². The zero-order valence-electron chi connectivity index (χ0n) is 14.0. The van der Waals surface area contributed by atoms with Crippen LogP contribution in [0.5, 0.6) is 0 Å². The Morgan fingerprint density at radius 2 is 2.05 bits per heavy atom. The number of nitro groups is 1. The van der Waals surface area contributed by atoms with E-state index in [-0.39, 0.29) is 23.5 Å². The van der Waals surface area contributed by atoms with Gasteiger partial charge in [0.15, 0.2) is 0 Å². The molecule has 4 heteroatoms. The number of rotatable bonds is 11. The lowest BCUT2D eigenvalue weighted by Gasteiger charge is -2.16. The maximum absolute atomic E-state index is 10.3. The van der Waals surface area contributed by atoms with E-state index in [0.717, 1.165) is 25.7 Å². The second-order valence-corrected chi connectivity index (χ2v) is 4.75. The molecule has 0 aliphatic carbocycles. The van der Waals surface area contributed by atoms with Gasteiger partial charge in [-0.2, -0.15) is 0 Å². The van der Waals surface area contributed by atoms with Crippen LogP contribution in [0.15, 0.2) is 30.0 Å². The van der Waals surface area contributed by atoms with Crippen molar-refractivity contribution in [1.29, 1.82) is 0 Å². The fourth-order valence-corrected chi connectivity index (χ4v) is 1.72. The van der Waals surface area contributed by atoms with E-state index in [1.54, 1.807) is 6.08 Å². The predicted octanol–water partition coefficient (Wildman–Crippen LogP) is 4.40. The van der Waals surface area contributed by atoms with Gasteiger partial charge in [0.25, 0.3) is 0 Å². The Morgan fingerprint density at radius 1 is 1.36 bits per heavy atom. The van der Waals surface area contributed by atoms with Gasteiger partial charge in [0, 0.05) is 10.8 Å². The van der Waals surface area contributed by atoms with E-state index in [9.17, 15) is 10.1 Å². The standard InChI is InChI=1S/C16H27NO3.C2H2/c1-4-7-11-16(12-8-5-2)20-14-15(6-3)10-9-13-17(18)19;1-2/h4,9-11,15-16H,5-6,8,12-14H2,1-3H3;1-2H/b10-9-;. The molecule has 0 N–H and O–H groups in total. The minimum atomic E-state index is -0.330. The summed E-state index contributed by atoms with van der Waals surface area (Å²) in [5, 5.41) is 10.3. The summed E-state index contributed by atoms with van der Waals surface area (Å²) in [6.07, 6.45) is 19.6. The highest BCUT2D eigenvalue weighted by molar-refractivity contribution is 4.91. The summed E-state index contributed by atoms with van der Waals surface area (Å²) in [5.74, 6) is 0.234. The summed E-state index contributed by atoms with van der Waals surface area (Å²) >= 11 is 0. The van der Waals surface area contributed by atoms with E-state index < -0.39 is 0 Å². The topological polar surface area (TPSA) is 52.4 Å². The maximum atomic E-state index is 10.3. The lowest BCUT2D eigenvalue weighted by Crippen LogP contribution is -2.15. The van der Waals surface area contributed by atoms with E-state index >= 15 is 0 Å². The molecule has 2 unspecified atom stereocenters. The Balaban J connectivity index is 0. The van der Waals surface area contributed by atoms with Gasteiger partial charge in [-0.15, -0.1) is 18.6 Å². The SMILES string of the molecule is C#C.CC=C=CC(CCCC)OCC(/C=C\C[N+](=O)[O-])CC. The van der Waals surface area contributed by atoms with Crippen LogP contribution >= 0.6 is 0 Å². The third-order valence-corrected chi connectivity index (χ3v) is 3.00. The summed E-state index contributed by atoms with van der Waals surface area (Å²) in [6.45, 7) is 6.64. The van der Waals surface area contributed by atoms with Crippen LogP contribution in [0.25, 0.3) is 0 Å². The first-order valence-electron chi connectivity index (χ1n) is 7.74. The molecular weight excluding hydrogens is 278 g/mol. The monoisotopic (exact) mass is 307 g/mol. The molecule has 2 atom stereocenters. The molecule has 4 nitrogen and oxygen atoms in total. The van der Waals surface area contributed by atoms with E-state index in [1.165, 1.54) is 0 Å². The number of hydrogen-bond donors (Lipinski definition) is 0. The molecular formula is C18H29NO3. The maximum Gasteiger partial charge on any atom is 0.222 e. The van der Waals surface area contributed by atoms with Gasteiger partial charge in [-0.25, -0.2) is 0 Å². The smallest absolute Gasteiger partial charge is 0.222 e. The first-order valence-corrected chi connectivity index (χ1v) is 7.74. The minimum absolute atomic E-state index is 0.0871. The van der Waals surface area contributed by atoms with Crippen molar-refractivity contribution in [3.63, 3.8) is 0 Å².